The molecule has 2 amide bonds. The lowest BCUT2D eigenvalue weighted by Crippen LogP contribution is -2.30. The van der Waals surface area contributed by atoms with E-state index in [1.807, 2.05) is 39.8 Å². The predicted octanol–water partition coefficient (Wildman–Crippen LogP) is 2.40. The topological polar surface area (TPSA) is 58.2 Å². The Hall–Kier alpha value is -1.84. The zero-order valence-corrected chi connectivity index (χ0v) is 12.0. The zero-order valence-electron chi connectivity index (χ0n) is 12.0. The SMILES string of the molecule is Cc1cc(C)cc(NC(=O)CCNC(=O)C(C)C)c1. The van der Waals surface area contributed by atoms with Gasteiger partial charge in [-0.2, -0.15) is 0 Å². The number of aryl methyl sites for hydroxylation is 2. The summed E-state index contributed by atoms with van der Waals surface area (Å²) >= 11 is 0. The van der Waals surface area contributed by atoms with Crippen LogP contribution in [-0.4, -0.2) is 18.4 Å². The van der Waals surface area contributed by atoms with Crippen molar-refractivity contribution < 1.29 is 9.59 Å². The second kappa shape index (κ2) is 6.92. The second-order valence-electron chi connectivity index (χ2n) is 5.12. The number of nitrogens with one attached hydrogen (secondary N) is 2. The summed E-state index contributed by atoms with van der Waals surface area (Å²) in [6.45, 7) is 8.00. The van der Waals surface area contributed by atoms with E-state index in [1.165, 1.54) is 0 Å². The van der Waals surface area contributed by atoms with E-state index in [2.05, 4.69) is 16.7 Å². The number of benzene rings is 1. The maximum absolute atomic E-state index is 11.7. The van der Waals surface area contributed by atoms with Crippen molar-refractivity contribution in [2.75, 3.05) is 11.9 Å². The van der Waals surface area contributed by atoms with Crippen molar-refractivity contribution in [2.45, 2.75) is 34.1 Å². The Morgan fingerprint density at radius 3 is 2.21 bits per heavy atom. The van der Waals surface area contributed by atoms with E-state index in [-0.39, 0.29) is 24.2 Å². The molecular weight excluding hydrogens is 240 g/mol. The summed E-state index contributed by atoms with van der Waals surface area (Å²) < 4.78 is 0. The van der Waals surface area contributed by atoms with Crippen molar-refractivity contribution >= 4 is 17.5 Å². The lowest BCUT2D eigenvalue weighted by molar-refractivity contribution is -0.124. The molecule has 0 bridgehead atoms. The van der Waals surface area contributed by atoms with E-state index in [0.29, 0.717) is 6.54 Å². The highest BCUT2D eigenvalue weighted by Gasteiger charge is 2.07. The maximum Gasteiger partial charge on any atom is 0.226 e. The van der Waals surface area contributed by atoms with Crippen LogP contribution in [0.25, 0.3) is 0 Å². The molecule has 1 rings (SSSR count). The van der Waals surface area contributed by atoms with Crippen LogP contribution in [0, 0.1) is 19.8 Å². The van der Waals surface area contributed by atoms with Crippen LogP contribution in [0.3, 0.4) is 0 Å². The van der Waals surface area contributed by atoms with E-state index in [9.17, 15) is 9.59 Å². The number of hydrogen-bond donors (Lipinski definition) is 2. The first kappa shape index (κ1) is 15.2. The van der Waals surface area contributed by atoms with Gasteiger partial charge in [0, 0.05) is 24.6 Å². The van der Waals surface area contributed by atoms with E-state index in [0.717, 1.165) is 16.8 Å². The third-order valence-corrected chi connectivity index (χ3v) is 2.68. The average molecular weight is 262 g/mol. The molecule has 1 aromatic carbocycles. The van der Waals surface area contributed by atoms with E-state index < -0.39 is 0 Å². The molecular formula is C15H22N2O2. The molecule has 0 radical (unpaired) electrons. The molecule has 0 aliphatic carbocycles. The normalized spacial score (nSPS) is 10.4. The number of amides is 2. The fourth-order valence-corrected chi connectivity index (χ4v) is 1.77. The molecule has 0 saturated heterocycles. The van der Waals surface area contributed by atoms with Crippen molar-refractivity contribution in [2.24, 2.45) is 5.92 Å². The predicted molar refractivity (Wildman–Crippen MR) is 77.0 cm³/mol. The summed E-state index contributed by atoms with van der Waals surface area (Å²) in [4.78, 5) is 23.1. The van der Waals surface area contributed by atoms with E-state index in [1.54, 1.807) is 0 Å². The summed E-state index contributed by atoms with van der Waals surface area (Å²) in [7, 11) is 0. The van der Waals surface area contributed by atoms with E-state index >= 15 is 0 Å². The standard InChI is InChI=1S/C15H22N2O2/c1-10(2)15(19)16-6-5-14(18)17-13-8-11(3)7-12(4)9-13/h7-10H,5-6H2,1-4H3,(H,16,19)(H,17,18). The van der Waals surface area contributed by atoms with Gasteiger partial charge in [0.1, 0.15) is 0 Å². The molecule has 4 nitrogen and oxygen atoms in total. The summed E-state index contributed by atoms with van der Waals surface area (Å²) in [6, 6.07) is 5.91. The monoisotopic (exact) mass is 262 g/mol. The highest BCUT2D eigenvalue weighted by molar-refractivity contribution is 5.91. The summed E-state index contributed by atoms with van der Waals surface area (Å²) in [5.74, 6) is -0.171. The quantitative estimate of drug-likeness (QED) is 0.856. The fourth-order valence-electron chi connectivity index (χ4n) is 1.77. The van der Waals surface area contributed by atoms with Crippen molar-refractivity contribution in [3.05, 3.63) is 29.3 Å². The summed E-state index contributed by atoms with van der Waals surface area (Å²) in [5, 5.41) is 5.56. The van der Waals surface area contributed by atoms with Gasteiger partial charge in [0.15, 0.2) is 0 Å². The van der Waals surface area contributed by atoms with Gasteiger partial charge in [-0.15, -0.1) is 0 Å². The lowest BCUT2D eigenvalue weighted by Gasteiger charge is -2.09. The minimum atomic E-state index is -0.0888. The van der Waals surface area contributed by atoms with Gasteiger partial charge in [-0.3, -0.25) is 9.59 Å². The number of anilines is 1. The van der Waals surface area contributed by atoms with Crippen LogP contribution in [-0.2, 0) is 9.59 Å². The van der Waals surface area contributed by atoms with Gasteiger partial charge in [-0.05, 0) is 37.1 Å². The number of hydrogen-bond acceptors (Lipinski definition) is 2. The Labute approximate surface area is 114 Å². The van der Waals surface area contributed by atoms with Crippen LogP contribution < -0.4 is 10.6 Å². The van der Waals surface area contributed by atoms with Crippen LogP contribution in [0.15, 0.2) is 18.2 Å². The average Bonchev–Trinajstić information content (AvgIpc) is 2.26. The van der Waals surface area contributed by atoms with Gasteiger partial charge in [-0.1, -0.05) is 19.9 Å². The molecule has 0 aliphatic rings. The van der Waals surface area contributed by atoms with Crippen LogP contribution in [0.5, 0.6) is 0 Å². The molecule has 0 saturated carbocycles. The number of carbonyl (C=O) groups is 2. The third-order valence-electron chi connectivity index (χ3n) is 2.68. The van der Waals surface area contributed by atoms with Crippen molar-refractivity contribution in [3.8, 4) is 0 Å². The smallest absolute Gasteiger partial charge is 0.226 e. The van der Waals surface area contributed by atoms with Crippen molar-refractivity contribution in [3.63, 3.8) is 0 Å². The molecule has 0 aliphatic heterocycles. The lowest BCUT2D eigenvalue weighted by atomic mass is 10.1. The number of carbonyl (C=O) groups excluding carboxylic acids is 2. The van der Waals surface area contributed by atoms with Crippen LogP contribution in [0.4, 0.5) is 5.69 Å². The van der Waals surface area contributed by atoms with Crippen LogP contribution >= 0.6 is 0 Å². The van der Waals surface area contributed by atoms with Gasteiger partial charge >= 0.3 is 0 Å². The molecule has 19 heavy (non-hydrogen) atoms. The fraction of sp³-hybridized carbons (Fsp3) is 0.467. The van der Waals surface area contributed by atoms with Gasteiger partial charge < -0.3 is 10.6 Å². The Bertz CT molecular complexity index is 447. The molecule has 0 atom stereocenters. The van der Waals surface area contributed by atoms with Crippen molar-refractivity contribution in [1.82, 2.24) is 5.32 Å². The molecule has 0 aromatic heterocycles. The second-order valence-corrected chi connectivity index (χ2v) is 5.12. The molecule has 0 unspecified atom stereocenters. The Kier molecular flexibility index (Phi) is 5.55. The molecule has 104 valence electrons. The van der Waals surface area contributed by atoms with Crippen LogP contribution in [0.1, 0.15) is 31.4 Å². The minimum Gasteiger partial charge on any atom is -0.355 e. The van der Waals surface area contributed by atoms with Crippen LogP contribution in [0.2, 0.25) is 0 Å². The highest BCUT2D eigenvalue weighted by atomic mass is 16.2. The molecule has 4 heteroatoms. The van der Waals surface area contributed by atoms with Gasteiger partial charge in [0.25, 0.3) is 0 Å². The Balaban J connectivity index is 2.41. The molecule has 0 fully saturated rings. The summed E-state index contributed by atoms with van der Waals surface area (Å²) in [6.07, 6.45) is 0.283. The first-order valence-corrected chi connectivity index (χ1v) is 6.54. The first-order chi connectivity index (χ1) is 8.88. The third kappa shape index (κ3) is 5.55. The summed E-state index contributed by atoms with van der Waals surface area (Å²) in [5.41, 5.74) is 3.03. The van der Waals surface area contributed by atoms with E-state index in [4.69, 9.17) is 0 Å². The molecule has 2 N–H and O–H groups in total. The Morgan fingerprint density at radius 1 is 1.11 bits per heavy atom. The first-order valence-electron chi connectivity index (χ1n) is 6.54. The molecule has 0 heterocycles. The van der Waals surface area contributed by atoms with Crippen molar-refractivity contribution in [1.29, 1.82) is 0 Å². The number of rotatable bonds is 5. The van der Waals surface area contributed by atoms with Gasteiger partial charge in [0.2, 0.25) is 11.8 Å². The Morgan fingerprint density at radius 2 is 1.68 bits per heavy atom. The molecule has 1 aromatic rings. The van der Waals surface area contributed by atoms with Gasteiger partial charge in [0.05, 0.1) is 0 Å². The molecule has 0 spiro atoms. The zero-order chi connectivity index (χ0) is 14.4. The largest absolute Gasteiger partial charge is 0.355 e. The maximum atomic E-state index is 11.7. The highest BCUT2D eigenvalue weighted by Crippen LogP contribution is 2.13. The van der Waals surface area contributed by atoms with Gasteiger partial charge in [-0.25, -0.2) is 0 Å². The minimum absolute atomic E-state index is 0.0285.